The molecule has 0 aliphatic heterocycles. The molecule has 0 saturated carbocycles. The van der Waals surface area contributed by atoms with E-state index in [2.05, 4.69) is 16.0 Å². The minimum atomic E-state index is -0.362. The number of benzene rings is 1. The number of nitrogens with one attached hydrogen (secondary N) is 1. The Morgan fingerprint density at radius 2 is 2.00 bits per heavy atom. The molecule has 3 rings (SSSR count). The molecule has 1 aromatic carbocycles. The summed E-state index contributed by atoms with van der Waals surface area (Å²) in [6, 6.07) is 10.4. The van der Waals surface area contributed by atoms with Crippen LogP contribution in [0.3, 0.4) is 0 Å². The molecule has 2 aromatic heterocycles. The first-order valence-electron chi connectivity index (χ1n) is 7.72. The van der Waals surface area contributed by atoms with Crippen molar-refractivity contribution in [3.05, 3.63) is 75.0 Å². The smallest absolute Gasteiger partial charge is 0.257 e. The van der Waals surface area contributed by atoms with Crippen molar-refractivity contribution in [3.63, 3.8) is 0 Å². The molecule has 2 heterocycles. The average molecular weight is 342 g/mol. The number of rotatable bonds is 4. The molecule has 0 aliphatic rings. The lowest BCUT2D eigenvalue weighted by molar-refractivity contribution is 0.102. The van der Waals surface area contributed by atoms with Crippen molar-refractivity contribution in [3.8, 4) is 0 Å². The highest BCUT2D eigenvalue weighted by Gasteiger charge is 2.17. The van der Waals surface area contributed by atoms with E-state index in [-0.39, 0.29) is 11.7 Å². The van der Waals surface area contributed by atoms with Crippen molar-refractivity contribution < 1.29 is 9.18 Å². The number of anilines is 1. The highest BCUT2D eigenvalue weighted by atomic mass is 32.1. The normalized spacial score (nSPS) is 10.8. The minimum absolute atomic E-state index is 0.214. The van der Waals surface area contributed by atoms with E-state index < -0.39 is 0 Å². The van der Waals surface area contributed by atoms with Gasteiger partial charge in [-0.1, -0.05) is 12.1 Å². The SMILES string of the molecule is Cc1ccc(F)cc1NC(=O)c1cc(C)n(Cc2cccs2)c1C. The maximum absolute atomic E-state index is 13.4. The van der Waals surface area contributed by atoms with Crippen molar-refractivity contribution in [2.45, 2.75) is 27.3 Å². The Balaban J connectivity index is 1.86. The highest BCUT2D eigenvalue weighted by Crippen LogP contribution is 2.22. The molecule has 0 saturated heterocycles. The van der Waals surface area contributed by atoms with Gasteiger partial charge in [-0.05, 0) is 56.0 Å². The molecule has 0 aliphatic carbocycles. The lowest BCUT2D eigenvalue weighted by atomic mass is 10.1. The second kappa shape index (κ2) is 6.61. The van der Waals surface area contributed by atoms with Crippen LogP contribution in [0.15, 0.2) is 41.8 Å². The summed E-state index contributed by atoms with van der Waals surface area (Å²) < 4.78 is 15.5. The third kappa shape index (κ3) is 3.26. The maximum atomic E-state index is 13.4. The average Bonchev–Trinajstić information content (AvgIpc) is 3.14. The zero-order chi connectivity index (χ0) is 17.3. The highest BCUT2D eigenvalue weighted by molar-refractivity contribution is 7.09. The second-order valence-corrected chi connectivity index (χ2v) is 6.90. The summed E-state index contributed by atoms with van der Waals surface area (Å²) in [6.45, 7) is 6.52. The Morgan fingerprint density at radius 3 is 2.71 bits per heavy atom. The fourth-order valence-electron chi connectivity index (χ4n) is 2.75. The summed E-state index contributed by atoms with van der Waals surface area (Å²) in [5, 5.41) is 4.86. The molecule has 0 fully saturated rings. The van der Waals surface area contributed by atoms with Gasteiger partial charge in [0.25, 0.3) is 5.91 Å². The summed E-state index contributed by atoms with van der Waals surface area (Å²) in [5.41, 5.74) is 3.89. The number of nitrogens with zero attached hydrogens (tertiary/aromatic N) is 1. The van der Waals surface area contributed by atoms with E-state index in [0.717, 1.165) is 23.5 Å². The van der Waals surface area contributed by atoms with Gasteiger partial charge in [0, 0.05) is 22.0 Å². The molecule has 24 heavy (non-hydrogen) atoms. The molecular formula is C19H19FN2OS. The molecule has 3 aromatic rings. The molecule has 1 N–H and O–H groups in total. The Labute approximate surface area is 144 Å². The van der Waals surface area contributed by atoms with E-state index in [1.54, 1.807) is 17.4 Å². The van der Waals surface area contributed by atoms with Gasteiger partial charge in [0.1, 0.15) is 5.82 Å². The molecule has 0 radical (unpaired) electrons. The number of thiophene rings is 1. The molecular weight excluding hydrogens is 323 g/mol. The number of hydrogen-bond donors (Lipinski definition) is 1. The number of aryl methyl sites for hydroxylation is 2. The van der Waals surface area contributed by atoms with Crippen LogP contribution in [-0.2, 0) is 6.54 Å². The van der Waals surface area contributed by atoms with Crippen molar-refractivity contribution >= 4 is 22.9 Å². The topological polar surface area (TPSA) is 34.0 Å². The zero-order valence-electron chi connectivity index (χ0n) is 13.9. The largest absolute Gasteiger partial charge is 0.343 e. The molecule has 1 amide bonds. The van der Waals surface area contributed by atoms with Crippen molar-refractivity contribution in [1.82, 2.24) is 4.57 Å². The van der Waals surface area contributed by atoms with E-state index in [0.29, 0.717) is 11.3 Å². The van der Waals surface area contributed by atoms with Gasteiger partial charge >= 0.3 is 0 Å². The van der Waals surface area contributed by atoms with Crippen LogP contribution in [0.25, 0.3) is 0 Å². The quantitative estimate of drug-likeness (QED) is 0.718. The van der Waals surface area contributed by atoms with Crippen LogP contribution in [-0.4, -0.2) is 10.5 Å². The first-order valence-corrected chi connectivity index (χ1v) is 8.60. The summed E-state index contributed by atoms with van der Waals surface area (Å²) in [7, 11) is 0. The number of halogens is 1. The molecule has 0 unspecified atom stereocenters. The van der Waals surface area contributed by atoms with Crippen LogP contribution in [0.4, 0.5) is 10.1 Å². The third-order valence-corrected chi connectivity index (χ3v) is 5.02. The van der Waals surface area contributed by atoms with Gasteiger partial charge in [-0.15, -0.1) is 11.3 Å². The van der Waals surface area contributed by atoms with Gasteiger partial charge in [-0.25, -0.2) is 4.39 Å². The van der Waals surface area contributed by atoms with Gasteiger partial charge in [0.05, 0.1) is 12.1 Å². The van der Waals surface area contributed by atoms with Crippen LogP contribution in [0, 0.1) is 26.6 Å². The summed E-state index contributed by atoms with van der Waals surface area (Å²) in [6.07, 6.45) is 0. The van der Waals surface area contributed by atoms with Crippen LogP contribution in [0.1, 0.15) is 32.2 Å². The van der Waals surface area contributed by atoms with Crippen molar-refractivity contribution in [1.29, 1.82) is 0 Å². The van der Waals surface area contributed by atoms with Gasteiger partial charge in [-0.3, -0.25) is 4.79 Å². The second-order valence-electron chi connectivity index (χ2n) is 5.86. The Hall–Kier alpha value is -2.40. The Bertz CT molecular complexity index is 881. The van der Waals surface area contributed by atoms with Gasteiger partial charge in [0.15, 0.2) is 0 Å². The van der Waals surface area contributed by atoms with Crippen molar-refractivity contribution in [2.75, 3.05) is 5.32 Å². The molecule has 5 heteroatoms. The Morgan fingerprint density at radius 1 is 1.21 bits per heavy atom. The summed E-state index contributed by atoms with van der Waals surface area (Å²) in [5.74, 6) is -0.576. The third-order valence-electron chi connectivity index (χ3n) is 4.16. The fourth-order valence-corrected chi connectivity index (χ4v) is 3.44. The number of amides is 1. The van der Waals surface area contributed by atoms with Crippen LogP contribution in [0.5, 0.6) is 0 Å². The van der Waals surface area contributed by atoms with Crippen LogP contribution < -0.4 is 5.32 Å². The predicted octanol–water partition coefficient (Wildman–Crippen LogP) is 4.91. The number of hydrogen-bond acceptors (Lipinski definition) is 2. The molecule has 124 valence electrons. The molecule has 0 bridgehead atoms. The van der Waals surface area contributed by atoms with Crippen molar-refractivity contribution in [2.24, 2.45) is 0 Å². The van der Waals surface area contributed by atoms with Gasteiger partial charge in [0.2, 0.25) is 0 Å². The Kier molecular flexibility index (Phi) is 4.53. The lowest BCUT2D eigenvalue weighted by Gasteiger charge is -2.10. The molecule has 0 spiro atoms. The lowest BCUT2D eigenvalue weighted by Crippen LogP contribution is -2.14. The number of carbonyl (C=O) groups excluding carboxylic acids is 1. The summed E-state index contributed by atoms with van der Waals surface area (Å²) in [4.78, 5) is 13.9. The van der Waals surface area contributed by atoms with Gasteiger partial charge in [-0.2, -0.15) is 0 Å². The predicted molar refractivity (Wildman–Crippen MR) is 96.4 cm³/mol. The number of carbonyl (C=O) groups is 1. The van der Waals surface area contributed by atoms with E-state index in [9.17, 15) is 9.18 Å². The van der Waals surface area contributed by atoms with E-state index in [1.807, 2.05) is 38.3 Å². The first kappa shape index (κ1) is 16.5. The summed E-state index contributed by atoms with van der Waals surface area (Å²) >= 11 is 1.70. The van der Waals surface area contributed by atoms with E-state index in [1.165, 1.54) is 17.0 Å². The van der Waals surface area contributed by atoms with Gasteiger partial charge < -0.3 is 9.88 Å². The molecule has 0 atom stereocenters. The van der Waals surface area contributed by atoms with E-state index >= 15 is 0 Å². The maximum Gasteiger partial charge on any atom is 0.257 e. The zero-order valence-corrected chi connectivity index (χ0v) is 14.7. The standard InChI is InChI=1S/C19H19FN2OS/c1-12-6-7-15(20)10-18(12)21-19(23)17-9-13(2)22(14(17)3)11-16-5-4-8-24-16/h4-10H,11H2,1-3H3,(H,21,23). The molecule has 3 nitrogen and oxygen atoms in total. The monoisotopic (exact) mass is 342 g/mol. The van der Waals surface area contributed by atoms with E-state index in [4.69, 9.17) is 0 Å². The number of aromatic nitrogens is 1. The van der Waals surface area contributed by atoms with Crippen LogP contribution in [0.2, 0.25) is 0 Å². The first-order chi connectivity index (χ1) is 11.5. The van der Waals surface area contributed by atoms with Crippen LogP contribution >= 0.6 is 11.3 Å². The minimum Gasteiger partial charge on any atom is -0.343 e. The fraction of sp³-hybridized carbons (Fsp3) is 0.211.